The summed E-state index contributed by atoms with van der Waals surface area (Å²) in [6.07, 6.45) is 1.64. The fourth-order valence-electron chi connectivity index (χ4n) is 1.55. The van der Waals surface area contributed by atoms with Crippen LogP contribution in [0.4, 0.5) is 17.2 Å². The SMILES string of the molecule is COc1cc(Nc2ncc(N)c(C)c2Br)ccc1Br. The molecule has 0 saturated heterocycles. The van der Waals surface area contributed by atoms with Gasteiger partial charge in [0.1, 0.15) is 11.6 Å². The second-order valence-corrected chi connectivity index (χ2v) is 5.62. The molecule has 1 aromatic carbocycles. The number of benzene rings is 1. The number of anilines is 3. The minimum atomic E-state index is 0.658. The third-order valence-corrected chi connectivity index (χ3v) is 4.34. The molecular weight excluding hydrogens is 374 g/mol. The standard InChI is InChI=1S/C13H13Br2N3O/c1-7-10(16)6-17-13(12(7)15)18-8-3-4-9(14)11(5-8)19-2/h3-6H,16H2,1-2H3,(H,17,18). The molecule has 1 aromatic heterocycles. The Balaban J connectivity index is 2.34. The summed E-state index contributed by atoms with van der Waals surface area (Å²) < 4.78 is 7.02. The third kappa shape index (κ3) is 3.01. The highest BCUT2D eigenvalue weighted by Gasteiger charge is 2.09. The number of methoxy groups -OCH3 is 1. The van der Waals surface area contributed by atoms with Gasteiger partial charge in [-0.15, -0.1) is 0 Å². The highest BCUT2D eigenvalue weighted by Crippen LogP contribution is 2.32. The molecule has 6 heteroatoms. The molecule has 0 bridgehead atoms. The molecule has 0 amide bonds. The molecule has 0 spiro atoms. The van der Waals surface area contributed by atoms with Crippen molar-refractivity contribution < 1.29 is 4.74 Å². The van der Waals surface area contributed by atoms with Crippen LogP contribution in [0.5, 0.6) is 5.75 Å². The Morgan fingerprint density at radius 2 is 2.05 bits per heavy atom. The van der Waals surface area contributed by atoms with Gasteiger partial charge in [-0.1, -0.05) is 0 Å². The maximum absolute atomic E-state index is 5.80. The molecule has 2 rings (SSSR count). The Labute approximate surface area is 128 Å². The predicted molar refractivity (Wildman–Crippen MR) is 85.1 cm³/mol. The van der Waals surface area contributed by atoms with E-state index in [2.05, 4.69) is 42.2 Å². The van der Waals surface area contributed by atoms with Crippen molar-refractivity contribution in [3.8, 4) is 5.75 Å². The number of nitrogens with zero attached hydrogens (tertiary/aromatic N) is 1. The van der Waals surface area contributed by atoms with Crippen molar-refractivity contribution in [3.63, 3.8) is 0 Å². The summed E-state index contributed by atoms with van der Waals surface area (Å²) in [7, 11) is 1.63. The van der Waals surface area contributed by atoms with E-state index in [-0.39, 0.29) is 0 Å². The summed E-state index contributed by atoms with van der Waals surface area (Å²) in [6.45, 7) is 1.94. The van der Waals surface area contributed by atoms with E-state index in [1.54, 1.807) is 13.3 Å². The Hall–Kier alpha value is -1.27. The minimum absolute atomic E-state index is 0.658. The van der Waals surface area contributed by atoms with E-state index in [0.717, 1.165) is 31.8 Å². The fraction of sp³-hybridized carbons (Fsp3) is 0.154. The van der Waals surface area contributed by atoms with Gasteiger partial charge >= 0.3 is 0 Å². The summed E-state index contributed by atoms with van der Waals surface area (Å²) in [6, 6.07) is 5.75. The molecule has 0 aliphatic heterocycles. The van der Waals surface area contributed by atoms with Crippen LogP contribution in [-0.4, -0.2) is 12.1 Å². The Morgan fingerprint density at radius 3 is 2.74 bits per heavy atom. The van der Waals surface area contributed by atoms with Crippen LogP contribution in [0.25, 0.3) is 0 Å². The average molecular weight is 387 g/mol. The van der Waals surface area contributed by atoms with Gasteiger partial charge in [-0.3, -0.25) is 0 Å². The number of ether oxygens (including phenoxy) is 1. The summed E-state index contributed by atoms with van der Waals surface area (Å²) >= 11 is 6.91. The summed E-state index contributed by atoms with van der Waals surface area (Å²) in [4.78, 5) is 4.28. The molecule has 4 nitrogen and oxygen atoms in total. The van der Waals surface area contributed by atoms with Crippen molar-refractivity contribution in [1.29, 1.82) is 0 Å². The number of halogens is 2. The van der Waals surface area contributed by atoms with Crippen molar-refractivity contribution in [2.75, 3.05) is 18.2 Å². The molecule has 0 fully saturated rings. The Morgan fingerprint density at radius 1 is 1.32 bits per heavy atom. The van der Waals surface area contributed by atoms with Gasteiger partial charge < -0.3 is 15.8 Å². The zero-order chi connectivity index (χ0) is 14.0. The number of aromatic nitrogens is 1. The molecule has 19 heavy (non-hydrogen) atoms. The number of pyridine rings is 1. The summed E-state index contributed by atoms with van der Waals surface area (Å²) in [5, 5.41) is 3.23. The first-order valence-corrected chi connectivity index (χ1v) is 7.12. The van der Waals surface area contributed by atoms with Crippen LogP contribution in [0, 0.1) is 6.92 Å². The van der Waals surface area contributed by atoms with Crippen LogP contribution >= 0.6 is 31.9 Å². The van der Waals surface area contributed by atoms with Gasteiger partial charge in [0.05, 0.1) is 27.9 Å². The van der Waals surface area contributed by atoms with E-state index in [1.807, 2.05) is 25.1 Å². The zero-order valence-electron chi connectivity index (χ0n) is 10.5. The lowest BCUT2D eigenvalue weighted by molar-refractivity contribution is 0.412. The van der Waals surface area contributed by atoms with Crippen LogP contribution in [0.3, 0.4) is 0 Å². The quantitative estimate of drug-likeness (QED) is 0.827. The average Bonchev–Trinajstić information content (AvgIpc) is 2.41. The summed E-state index contributed by atoms with van der Waals surface area (Å²) in [5.74, 6) is 1.48. The number of nitrogens with two attached hydrogens (primary N) is 1. The minimum Gasteiger partial charge on any atom is -0.495 e. The Bertz CT molecular complexity index is 617. The first-order chi connectivity index (χ1) is 9.02. The topological polar surface area (TPSA) is 60.2 Å². The molecule has 0 aliphatic rings. The first-order valence-electron chi connectivity index (χ1n) is 5.54. The van der Waals surface area contributed by atoms with Gasteiger partial charge in [0.2, 0.25) is 0 Å². The van der Waals surface area contributed by atoms with Gasteiger partial charge in [0.25, 0.3) is 0 Å². The third-order valence-electron chi connectivity index (χ3n) is 2.72. The Kier molecular flexibility index (Phi) is 4.31. The van der Waals surface area contributed by atoms with E-state index >= 15 is 0 Å². The second kappa shape index (κ2) is 5.79. The van der Waals surface area contributed by atoms with Crippen LogP contribution < -0.4 is 15.8 Å². The number of nitrogens with one attached hydrogen (secondary N) is 1. The number of nitrogen functional groups attached to an aromatic ring is 1. The predicted octanol–water partition coefficient (Wildman–Crippen LogP) is 4.25. The van der Waals surface area contributed by atoms with Crippen molar-refractivity contribution in [1.82, 2.24) is 4.98 Å². The number of hydrogen-bond acceptors (Lipinski definition) is 4. The fourth-order valence-corrected chi connectivity index (χ4v) is 2.39. The lowest BCUT2D eigenvalue weighted by Crippen LogP contribution is -1.99. The van der Waals surface area contributed by atoms with Crippen molar-refractivity contribution in [3.05, 3.63) is 38.9 Å². The van der Waals surface area contributed by atoms with E-state index in [4.69, 9.17) is 10.5 Å². The van der Waals surface area contributed by atoms with Crippen LogP contribution in [0.15, 0.2) is 33.3 Å². The van der Waals surface area contributed by atoms with Gasteiger partial charge in [0, 0.05) is 11.8 Å². The molecule has 0 unspecified atom stereocenters. The summed E-state index contributed by atoms with van der Waals surface area (Å²) in [5.41, 5.74) is 8.31. The van der Waals surface area contributed by atoms with Crippen molar-refractivity contribution in [2.24, 2.45) is 0 Å². The van der Waals surface area contributed by atoms with Crippen LogP contribution in [0.2, 0.25) is 0 Å². The maximum atomic E-state index is 5.80. The van der Waals surface area contributed by atoms with Crippen LogP contribution in [-0.2, 0) is 0 Å². The molecule has 100 valence electrons. The van der Waals surface area contributed by atoms with Gasteiger partial charge in [-0.2, -0.15) is 0 Å². The second-order valence-electron chi connectivity index (χ2n) is 3.98. The van der Waals surface area contributed by atoms with E-state index in [9.17, 15) is 0 Å². The monoisotopic (exact) mass is 385 g/mol. The smallest absolute Gasteiger partial charge is 0.145 e. The van der Waals surface area contributed by atoms with Gasteiger partial charge in [-0.25, -0.2) is 4.98 Å². The largest absolute Gasteiger partial charge is 0.495 e. The first kappa shape index (κ1) is 14.1. The zero-order valence-corrected chi connectivity index (χ0v) is 13.7. The van der Waals surface area contributed by atoms with Gasteiger partial charge in [0.15, 0.2) is 0 Å². The molecule has 0 aliphatic carbocycles. The molecular formula is C13H13Br2N3O. The normalized spacial score (nSPS) is 10.3. The molecule has 2 aromatic rings. The van der Waals surface area contributed by atoms with Crippen molar-refractivity contribution >= 4 is 49.1 Å². The number of rotatable bonds is 3. The highest BCUT2D eigenvalue weighted by molar-refractivity contribution is 9.11. The maximum Gasteiger partial charge on any atom is 0.145 e. The highest BCUT2D eigenvalue weighted by atomic mass is 79.9. The molecule has 0 atom stereocenters. The van der Waals surface area contributed by atoms with E-state index in [1.165, 1.54) is 0 Å². The molecule has 3 N–H and O–H groups in total. The van der Waals surface area contributed by atoms with Gasteiger partial charge in [-0.05, 0) is 56.5 Å². The molecule has 0 radical (unpaired) electrons. The van der Waals surface area contributed by atoms with E-state index < -0.39 is 0 Å². The lowest BCUT2D eigenvalue weighted by Gasteiger charge is -2.12. The molecule has 0 saturated carbocycles. The van der Waals surface area contributed by atoms with Crippen LogP contribution in [0.1, 0.15) is 5.56 Å². The molecule has 1 heterocycles. The number of hydrogen-bond donors (Lipinski definition) is 2. The van der Waals surface area contributed by atoms with E-state index in [0.29, 0.717) is 5.69 Å². The van der Waals surface area contributed by atoms with Crippen molar-refractivity contribution in [2.45, 2.75) is 6.92 Å². The lowest BCUT2D eigenvalue weighted by atomic mass is 10.2.